The second kappa shape index (κ2) is 7.57. The molecule has 6 rings (SSSR count). The van der Waals surface area contributed by atoms with Crippen molar-refractivity contribution in [3.8, 4) is 0 Å². The van der Waals surface area contributed by atoms with Gasteiger partial charge in [-0.2, -0.15) is 9.97 Å². The number of aliphatic hydroxyl groups is 3. The number of rotatable bonds is 3. The molecule has 3 aliphatic rings. The number of benzene rings is 1. The molecule has 2 aromatic heterocycles. The molecular formula is C22H23ClFN5O4. The van der Waals surface area contributed by atoms with Gasteiger partial charge >= 0.3 is 0 Å². The van der Waals surface area contributed by atoms with E-state index in [4.69, 9.17) is 16.3 Å². The summed E-state index contributed by atoms with van der Waals surface area (Å²) in [4.78, 5) is 15.2. The first kappa shape index (κ1) is 21.2. The summed E-state index contributed by atoms with van der Waals surface area (Å²) in [6.07, 6.45) is 0.827. The molecule has 4 heterocycles. The third-order valence-corrected chi connectivity index (χ3v) is 7.43. The zero-order valence-electron chi connectivity index (χ0n) is 17.6. The van der Waals surface area contributed by atoms with Crippen LogP contribution in [0, 0.1) is 5.82 Å². The zero-order valence-corrected chi connectivity index (χ0v) is 18.4. The molecule has 4 atom stereocenters. The lowest BCUT2D eigenvalue weighted by molar-refractivity contribution is -0.0511. The number of anilines is 2. The maximum Gasteiger partial charge on any atom is 0.226 e. The molecule has 2 fully saturated rings. The molecule has 3 aromatic rings. The Balaban J connectivity index is 1.48. The van der Waals surface area contributed by atoms with E-state index in [1.165, 1.54) is 17.0 Å². The Morgan fingerprint density at radius 1 is 1.18 bits per heavy atom. The summed E-state index contributed by atoms with van der Waals surface area (Å²) in [5.41, 5.74) is 1.91. The number of fused-ring (bicyclic) bond motifs is 3. The first-order chi connectivity index (χ1) is 15.9. The third kappa shape index (κ3) is 3.01. The first-order valence-corrected chi connectivity index (χ1v) is 11.4. The molecule has 1 spiro atoms. The minimum absolute atomic E-state index is 0.0312. The van der Waals surface area contributed by atoms with Crippen molar-refractivity contribution in [3.05, 3.63) is 41.2 Å². The fourth-order valence-electron chi connectivity index (χ4n) is 5.74. The van der Waals surface area contributed by atoms with Crippen LogP contribution < -0.4 is 4.90 Å². The van der Waals surface area contributed by atoms with Crippen LogP contribution in [0.3, 0.4) is 0 Å². The fourth-order valence-corrected chi connectivity index (χ4v) is 5.90. The Morgan fingerprint density at radius 3 is 2.70 bits per heavy atom. The van der Waals surface area contributed by atoms with Crippen molar-refractivity contribution in [2.24, 2.45) is 0 Å². The molecular weight excluding hydrogens is 453 g/mol. The molecule has 11 heteroatoms. The number of nitrogens with zero attached hydrogens (tertiary/aromatic N) is 5. The maximum absolute atomic E-state index is 15.0. The Kier molecular flexibility index (Phi) is 4.86. The van der Waals surface area contributed by atoms with E-state index in [-0.39, 0.29) is 16.5 Å². The highest BCUT2D eigenvalue weighted by molar-refractivity contribution is 6.28. The van der Waals surface area contributed by atoms with Gasteiger partial charge in [-0.25, -0.2) is 9.37 Å². The standard InChI is InChI=1S/C22H23ClFN5O4/c23-21-26-18(28-9-22(6-1-2-7-22)14-11(24)4-3-5-12(14)28)15-19(27-21)29(10-25-15)20-17(32)16(31)13(8-30)33-20/h3-5,10,13,16-17,20,30-32H,1-2,6-9H2/t13-,16+,17?,20-/m1/s1. The van der Waals surface area contributed by atoms with E-state index < -0.39 is 31.1 Å². The molecule has 1 aliphatic carbocycles. The summed E-state index contributed by atoms with van der Waals surface area (Å²) in [5, 5.41) is 30.0. The SMILES string of the molecule is OC[C@H]1O[C@@H](n2cnc3c(N4CC5(CCCC5)c5c(F)cccc54)nc(Cl)nc32)C(O)[C@H]1O. The zero-order chi connectivity index (χ0) is 22.9. The monoisotopic (exact) mass is 475 g/mol. The van der Waals surface area contributed by atoms with Crippen LogP contribution >= 0.6 is 11.6 Å². The lowest BCUT2D eigenvalue weighted by Gasteiger charge is -2.25. The summed E-state index contributed by atoms with van der Waals surface area (Å²) >= 11 is 6.31. The van der Waals surface area contributed by atoms with Gasteiger partial charge in [0.2, 0.25) is 5.28 Å². The normalized spacial score (nSPS) is 28.3. The molecule has 1 saturated carbocycles. The number of imidazole rings is 1. The Hall–Kier alpha value is -2.37. The minimum atomic E-state index is -1.29. The van der Waals surface area contributed by atoms with E-state index in [0.717, 1.165) is 31.4 Å². The van der Waals surface area contributed by atoms with Crippen LogP contribution in [-0.2, 0) is 10.2 Å². The van der Waals surface area contributed by atoms with Crippen LogP contribution in [-0.4, -0.2) is 66.3 Å². The van der Waals surface area contributed by atoms with Crippen LogP contribution in [0.2, 0.25) is 5.28 Å². The fraction of sp³-hybridized carbons (Fsp3) is 0.500. The van der Waals surface area contributed by atoms with Crippen LogP contribution in [0.25, 0.3) is 11.2 Å². The van der Waals surface area contributed by atoms with Crippen molar-refractivity contribution < 1.29 is 24.4 Å². The summed E-state index contributed by atoms with van der Waals surface area (Å²) in [5.74, 6) is 0.233. The molecule has 9 nitrogen and oxygen atoms in total. The lowest BCUT2D eigenvalue weighted by Crippen LogP contribution is -2.33. The highest BCUT2D eigenvalue weighted by Crippen LogP contribution is 2.53. The molecule has 3 N–H and O–H groups in total. The lowest BCUT2D eigenvalue weighted by atomic mass is 9.80. The third-order valence-electron chi connectivity index (χ3n) is 7.26. The van der Waals surface area contributed by atoms with Gasteiger partial charge in [0.25, 0.3) is 0 Å². The summed E-state index contributed by atoms with van der Waals surface area (Å²) in [6, 6.07) is 5.07. The van der Waals surface area contributed by atoms with Crippen LogP contribution in [0.4, 0.5) is 15.9 Å². The van der Waals surface area contributed by atoms with Crippen LogP contribution in [0.15, 0.2) is 24.5 Å². The van der Waals surface area contributed by atoms with E-state index >= 15 is 4.39 Å². The molecule has 174 valence electrons. The second-order valence-electron chi connectivity index (χ2n) is 9.08. The summed E-state index contributed by atoms with van der Waals surface area (Å²) < 4.78 is 22.2. The van der Waals surface area contributed by atoms with Gasteiger partial charge in [-0.1, -0.05) is 18.9 Å². The van der Waals surface area contributed by atoms with Crippen molar-refractivity contribution in [1.29, 1.82) is 0 Å². The molecule has 0 radical (unpaired) electrons. The van der Waals surface area contributed by atoms with E-state index in [2.05, 4.69) is 15.0 Å². The van der Waals surface area contributed by atoms with Crippen LogP contribution in [0.1, 0.15) is 37.5 Å². The van der Waals surface area contributed by atoms with Crippen molar-refractivity contribution >= 4 is 34.3 Å². The van der Waals surface area contributed by atoms with Crippen molar-refractivity contribution in [2.75, 3.05) is 18.1 Å². The average molecular weight is 476 g/mol. The predicted octanol–water partition coefficient (Wildman–Crippen LogP) is 2.19. The number of aliphatic hydroxyl groups excluding tert-OH is 3. The number of hydrogen-bond donors (Lipinski definition) is 3. The number of halogens is 2. The molecule has 33 heavy (non-hydrogen) atoms. The van der Waals surface area contributed by atoms with E-state index in [9.17, 15) is 15.3 Å². The molecule has 0 bridgehead atoms. The van der Waals surface area contributed by atoms with Gasteiger partial charge in [-0.05, 0) is 36.6 Å². The van der Waals surface area contributed by atoms with Crippen molar-refractivity contribution in [1.82, 2.24) is 19.5 Å². The highest BCUT2D eigenvalue weighted by Gasteiger charge is 2.48. The van der Waals surface area contributed by atoms with Crippen LogP contribution in [0.5, 0.6) is 0 Å². The molecule has 1 saturated heterocycles. The molecule has 1 unspecified atom stereocenters. The second-order valence-corrected chi connectivity index (χ2v) is 9.41. The molecule has 0 amide bonds. The van der Waals surface area contributed by atoms with Gasteiger partial charge in [0, 0.05) is 23.2 Å². The van der Waals surface area contributed by atoms with Gasteiger partial charge < -0.3 is 25.0 Å². The maximum atomic E-state index is 15.0. The van der Waals surface area contributed by atoms with E-state index in [0.29, 0.717) is 29.1 Å². The number of hydrogen-bond acceptors (Lipinski definition) is 8. The van der Waals surface area contributed by atoms with Gasteiger partial charge in [-0.15, -0.1) is 0 Å². The topological polar surface area (TPSA) is 117 Å². The summed E-state index contributed by atoms with van der Waals surface area (Å²) in [7, 11) is 0. The van der Waals surface area contributed by atoms with Gasteiger partial charge in [0.05, 0.1) is 12.9 Å². The minimum Gasteiger partial charge on any atom is -0.394 e. The Morgan fingerprint density at radius 2 is 1.97 bits per heavy atom. The van der Waals surface area contributed by atoms with Gasteiger partial charge in [-0.3, -0.25) is 4.57 Å². The average Bonchev–Trinajstić information content (AvgIpc) is 3.56. The van der Waals surface area contributed by atoms with Gasteiger partial charge in [0.1, 0.15) is 24.1 Å². The van der Waals surface area contributed by atoms with Gasteiger partial charge in [0.15, 0.2) is 23.2 Å². The van der Waals surface area contributed by atoms with Crippen molar-refractivity contribution in [2.45, 2.75) is 55.6 Å². The Bertz CT molecular complexity index is 1230. The quantitative estimate of drug-likeness (QED) is 0.494. The summed E-state index contributed by atoms with van der Waals surface area (Å²) in [6.45, 7) is 0.118. The highest BCUT2D eigenvalue weighted by atomic mass is 35.5. The van der Waals surface area contributed by atoms with Crippen molar-refractivity contribution in [3.63, 3.8) is 0 Å². The molecule has 1 aromatic carbocycles. The van der Waals surface area contributed by atoms with E-state index in [1.54, 1.807) is 6.07 Å². The number of aromatic nitrogens is 4. The first-order valence-electron chi connectivity index (χ1n) is 11.0. The largest absolute Gasteiger partial charge is 0.394 e. The number of ether oxygens (including phenoxy) is 1. The molecule has 2 aliphatic heterocycles. The smallest absolute Gasteiger partial charge is 0.226 e. The predicted molar refractivity (Wildman–Crippen MR) is 117 cm³/mol. The van der Waals surface area contributed by atoms with E-state index in [1.807, 2.05) is 11.0 Å². The Labute approximate surface area is 193 Å².